The first kappa shape index (κ1) is 15.4. The molecule has 0 aromatic carbocycles. The number of aromatic nitrogens is 3. The van der Waals surface area contributed by atoms with E-state index in [2.05, 4.69) is 15.4 Å². The summed E-state index contributed by atoms with van der Waals surface area (Å²) < 4.78 is 1.63. The zero-order valence-electron chi connectivity index (χ0n) is 13.1. The van der Waals surface area contributed by atoms with E-state index in [9.17, 15) is 4.79 Å². The highest BCUT2D eigenvalue weighted by atomic mass is 32.1. The van der Waals surface area contributed by atoms with E-state index in [0.717, 1.165) is 22.6 Å². The zero-order chi connectivity index (χ0) is 16.2. The fourth-order valence-corrected chi connectivity index (χ4v) is 3.14. The van der Waals surface area contributed by atoms with E-state index in [1.165, 1.54) is 0 Å². The third-order valence-electron chi connectivity index (χ3n) is 3.69. The summed E-state index contributed by atoms with van der Waals surface area (Å²) in [5.74, 6) is -0.126. The maximum atomic E-state index is 12.6. The number of nitrogens with zero attached hydrogens (tertiary/aromatic N) is 3. The Morgan fingerprint density at radius 1 is 1.39 bits per heavy atom. The van der Waals surface area contributed by atoms with Crippen LogP contribution >= 0.6 is 11.3 Å². The molecule has 0 saturated carbocycles. The summed E-state index contributed by atoms with van der Waals surface area (Å²) in [6.45, 7) is 2.04. The minimum absolute atomic E-state index is 0.0590. The molecule has 1 N–H and O–H groups in total. The summed E-state index contributed by atoms with van der Waals surface area (Å²) in [5, 5.41) is 9.50. The SMILES string of the molecule is CC[C@@H](NC(=O)c1cc(-c2cccs2)nn1C)c1cccnc1. The second-order valence-corrected chi connectivity index (χ2v) is 6.18. The lowest BCUT2D eigenvalue weighted by molar-refractivity contribution is 0.0926. The van der Waals surface area contributed by atoms with Crippen LogP contribution in [0.1, 0.15) is 35.4 Å². The highest BCUT2D eigenvalue weighted by Crippen LogP contribution is 2.24. The molecule has 0 unspecified atom stereocenters. The number of thiophene rings is 1. The van der Waals surface area contributed by atoms with Gasteiger partial charge in [0.25, 0.3) is 5.91 Å². The number of carbonyl (C=O) groups is 1. The molecule has 3 aromatic rings. The maximum absolute atomic E-state index is 12.6. The molecule has 1 amide bonds. The molecule has 23 heavy (non-hydrogen) atoms. The van der Waals surface area contributed by atoms with E-state index in [0.29, 0.717) is 5.69 Å². The molecule has 118 valence electrons. The number of hydrogen-bond acceptors (Lipinski definition) is 4. The summed E-state index contributed by atoms with van der Waals surface area (Å²) in [5.41, 5.74) is 2.38. The molecule has 0 saturated heterocycles. The van der Waals surface area contributed by atoms with Crippen LogP contribution in [0, 0.1) is 0 Å². The number of amides is 1. The molecule has 3 aromatic heterocycles. The van der Waals surface area contributed by atoms with Gasteiger partial charge in [-0.3, -0.25) is 14.5 Å². The average Bonchev–Trinajstić information content (AvgIpc) is 3.22. The van der Waals surface area contributed by atoms with Gasteiger partial charge in [0, 0.05) is 19.4 Å². The molecule has 0 bridgehead atoms. The van der Waals surface area contributed by atoms with Gasteiger partial charge in [-0.15, -0.1) is 11.3 Å². The van der Waals surface area contributed by atoms with E-state index in [4.69, 9.17) is 0 Å². The predicted molar refractivity (Wildman–Crippen MR) is 91.3 cm³/mol. The summed E-state index contributed by atoms with van der Waals surface area (Å²) in [6, 6.07) is 9.60. The number of aryl methyl sites for hydroxylation is 1. The van der Waals surface area contributed by atoms with Crippen LogP contribution in [-0.2, 0) is 7.05 Å². The Labute approximate surface area is 139 Å². The molecule has 3 heterocycles. The van der Waals surface area contributed by atoms with Crippen LogP contribution in [0.15, 0.2) is 48.1 Å². The first-order valence-corrected chi connectivity index (χ1v) is 8.35. The third kappa shape index (κ3) is 3.32. The van der Waals surface area contributed by atoms with Gasteiger partial charge in [0.1, 0.15) is 11.4 Å². The van der Waals surface area contributed by atoms with Crippen molar-refractivity contribution in [3.05, 3.63) is 59.4 Å². The van der Waals surface area contributed by atoms with E-state index >= 15 is 0 Å². The van der Waals surface area contributed by atoms with E-state index in [1.807, 2.05) is 42.6 Å². The first-order valence-electron chi connectivity index (χ1n) is 7.47. The Hall–Kier alpha value is -2.47. The van der Waals surface area contributed by atoms with E-state index < -0.39 is 0 Å². The minimum atomic E-state index is -0.126. The third-order valence-corrected chi connectivity index (χ3v) is 4.58. The van der Waals surface area contributed by atoms with Crippen LogP contribution < -0.4 is 5.32 Å². The molecule has 1 atom stereocenters. The minimum Gasteiger partial charge on any atom is -0.344 e. The lowest BCUT2D eigenvalue weighted by Crippen LogP contribution is -2.29. The summed E-state index contributed by atoms with van der Waals surface area (Å²) in [6.07, 6.45) is 4.31. The van der Waals surface area contributed by atoms with Crippen LogP contribution in [0.25, 0.3) is 10.6 Å². The van der Waals surface area contributed by atoms with E-state index in [1.54, 1.807) is 35.5 Å². The second kappa shape index (κ2) is 6.75. The van der Waals surface area contributed by atoms with Crippen LogP contribution in [0.2, 0.25) is 0 Å². The van der Waals surface area contributed by atoms with Crippen molar-refractivity contribution in [1.82, 2.24) is 20.1 Å². The van der Waals surface area contributed by atoms with Crippen molar-refractivity contribution in [2.45, 2.75) is 19.4 Å². The molecular formula is C17H18N4OS. The molecule has 0 aliphatic heterocycles. The zero-order valence-corrected chi connectivity index (χ0v) is 13.9. The molecular weight excluding hydrogens is 308 g/mol. The van der Waals surface area contributed by atoms with Gasteiger partial charge in [-0.2, -0.15) is 5.10 Å². The fourth-order valence-electron chi connectivity index (χ4n) is 2.46. The van der Waals surface area contributed by atoms with Crippen LogP contribution in [0.4, 0.5) is 0 Å². The Morgan fingerprint density at radius 3 is 2.91 bits per heavy atom. The lowest BCUT2D eigenvalue weighted by Gasteiger charge is -2.16. The van der Waals surface area contributed by atoms with Gasteiger partial charge in [0.05, 0.1) is 10.9 Å². The summed E-state index contributed by atoms with van der Waals surface area (Å²) >= 11 is 1.61. The highest BCUT2D eigenvalue weighted by Gasteiger charge is 2.18. The second-order valence-electron chi connectivity index (χ2n) is 5.24. The quantitative estimate of drug-likeness (QED) is 0.781. The van der Waals surface area contributed by atoms with Crippen molar-refractivity contribution < 1.29 is 4.79 Å². The average molecular weight is 326 g/mol. The molecule has 0 radical (unpaired) electrons. The predicted octanol–water partition coefficient (Wildman–Crippen LogP) is 3.42. The van der Waals surface area contributed by atoms with Crippen molar-refractivity contribution in [2.24, 2.45) is 7.05 Å². The smallest absolute Gasteiger partial charge is 0.270 e. The molecule has 0 aliphatic rings. The lowest BCUT2D eigenvalue weighted by atomic mass is 10.1. The summed E-state index contributed by atoms with van der Waals surface area (Å²) in [7, 11) is 1.79. The van der Waals surface area contributed by atoms with Crippen LogP contribution in [0.5, 0.6) is 0 Å². The Morgan fingerprint density at radius 2 is 2.26 bits per heavy atom. The molecule has 0 aliphatic carbocycles. The van der Waals surface area contributed by atoms with Crippen molar-refractivity contribution >= 4 is 17.2 Å². The standard InChI is InChI=1S/C17H18N4OS/c1-3-13(12-6-4-8-18-11-12)19-17(22)15-10-14(20-21(15)2)16-7-5-9-23-16/h4-11,13H,3H2,1-2H3,(H,19,22)/t13-/m1/s1. The highest BCUT2D eigenvalue weighted by molar-refractivity contribution is 7.13. The number of rotatable bonds is 5. The van der Waals surface area contributed by atoms with Gasteiger partial charge < -0.3 is 5.32 Å². The van der Waals surface area contributed by atoms with Crippen molar-refractivity contribution in [1.29, 1.82) is 0 Å². The normalized spacial score (nSPS) is 12.1. The van der Waals surface area contributed by atoms with Crippen LogP contribution in [0.3, 0.4) is 0 Å². The van der Waals surface area contributed by atoms with Gasteiger partial charge in [-0.1, -0.05) is 19.1 Å². The number of carbonyl (C=O) groups excluding carboxylic acids is 1. The first-order chi connectivity index (χ1) is 11.2. The largest absolute Gasteiger partial charge is 0.344 e. The molecule has 0 spiro atoms. The molecule has 0 fully saturated rings. The van der Waals surface area contributed by atoms with Gasteiger partial charge in [0.2, 0.25) is 0 Å². The topological polar surface area (TPSA) is 59.8 Å². The van der Waals surface area contributed by atoms with Crippen molar-refractivity contribution in [3.8, 4) is 10.6 Å². The van der Waals surface area contributed by atoms with Gasteiger partial charge in [-0.05, 0) is 35.6 Å². The number of pyridine rings is 1. The maximum Gasteiger partial charge on any atom is 0.270 e. The van der Waals surface area contributed by atoms with Crippen LogP contribution in [-0.4, -0.2) is 20.7 Å². The summed E-state index contributed by atoms with van der Waals surface area (Å²) in [4.78, 5) is 17.8. The van der Waals surface area contributed by atoms with Gasteiger partial charge in [-0.25, -0.2) is 0 Å². The van der Waals surface area contributed by atoms with Crippen molar-refractivity contribution in [3.63, 3.8) is 0 Å². The van der Waals surface area contributed by atoms with Gasteiger partial charge >= 0.3 is 0 Å². The van der Waals surface area contributed by atoms with Crippen molar-refractivity contribution in [2.75, 3.05) is 0 Å². The monoisotopic (exact) mass is 326 g/mol. The van der Waals surface area contributed by atoms with E-state index in [-0.39, 0.29) is 11.9 Å². The molecule has 6 heteroatoms. The van der Waals surface area contributed by atoms with Gasteiger partial charge in [0.15, 0.2) is 0 Å². The number of nitrogens with one attached hydrogen (secondary N) is 1. The fraction of sp³-hybridized carbons (Fsp3) is 0.235. The Balaban J connectivity index is 1.80. The Bertz CT molecular complexity index is 780. The number of hydrogen-bond donors (Lipinski definition) is 1. The Kier molecular flexibility index (Phi) is 4.52. The molecule has 3 rings (SSSR count). The molecule has 5 nitrogen and oxygen atoms in total.